The number of hydrogen-bond donors (Lipinski definition) is 2. The first-order chi connectivity index (χ1) is 7.31. The summed E-state index contributed by atoms with van der Waals surface area (Å²) >= 11 is 0. The van der Waals surface area contributed by atoms with E-state index >= 15 is 0 Å². The van der Waals surface area contributed by atoms with E-state index in [9.17, 15) is 4.79 Å². The molecule has 0 aromatic heterocycles. The number of ether oxygens (including phenoxy) is 1. The molecule has 17 heavy (non-hydrogen) atoms. The second kappa shape index (κ2) is 6.45. The summed E-state index contributed by atoms with van der Waals surface area (Å²) in [7, 11) is 0. The first kappa shape index (κ1) is 16.5. The van der Waals surface area contributed by atoms with Crippen molar-refractivity contribution in [2.45, 2.75) is 64.0 Å². The quantitative estimate of drug-likeness (QED) is 0.806. The van der Waals surface area contributed by atoms with Crippen molar-refractivity contribution in [3.8, 4) is 0 Å². The number of alkyl carbamates (subject to hydrolysis) is 1. The van der Waals surface area contributed by atoms with Gasteiger partial charge in [-0.2, -0.15) is 0 Å². The van der Waals surface area contributed by atoms with Crippen LogP contribution < -0.4 is 11.1 Å². The maximum Gasteiger partial charge on any atom is 0.407 e. The summed E-state index contributed by atoms with van der Waals surface area (Å²) in [5, 5.41) is 2.76. The topological polar surface area (TPSA) is 64.3 Å². The third kappa shape index (κ3) is 6.74. The monoisotopic (exact) mass is 264 g/mol. The number of hydrogen-bond acceptors (Lipinski definition) is 3. The number of rotatable bonds is 2. The summed E-state index contributed by atoms with van der Waals surface area (Å²) in [6.45, 7) is 6.07. The Balaban J connectivity index is 0.00000256. The molecule has 0 aromatic carbocycles. The molecule has 0 unspecified atom stereocenters. The standard InChI is InChI=1S/C12H24N2O2.ClH/c1-11(2,3)16-10(15)14-9-12(13)7-5-4-6-8-12;/h4-9,13H2,1-3H3,(H,14,15);1H. The van der Waals surface area contributed by atoms with Crippen LogP contribution in [0.5, 0.6) is 0 Å². The number of halogens is 1. The molecule has 3 N–H and O–H groups in total. The van der Waals surface area contributed by atoms with Crippen molar-refractivity contribution in [2.24, 2.45) is 5.73 Å². The Morgan fingerprint density at radius 1 is 1.29 bits per heavy atom. The molecule has 1 rings (SSSR count). The van der Waals surface area contributed by atoms with E-state index in [2.05, 4.69) is 5.32 Å². The normalized spacial score (nSPS) is 19.1. The van der Waals surface area contributed by atoms with Gasteiger partial charge in [-0.15, -0.1) is 12.4 Å². The maximum atomic E-state index is 11.5. The predicted octanol–water partition coefficient (Wildman–Crippen LogP) is 2.59. The predicted molar refractivity (Wildman–Crippen MR) is 71.5 cm³/mol. The molecule has 0 heterocycles. The fraction of sp³-hybridized carbons (Fsp3) is 0.917. The van der Waals surface area contributed by atoms with Crippen LogP contribution in [-0.4, -0.2) is 23.8 Å². The molecule has 1 aliphatic carbocycles. The maximum absolute atomic E-state index is 11.5. The number of amides is 1. The number of carbonyl (C=O) groups is 1. The molecule has 0 aromatic rings. The van der Waals surface area contributed by atoms with E-state index < -0.39 is 5.60 Å². The first-order valence-electron chi connectivity index (χ1n) is 6.07. The zero-order valence-electron chi connectivity index (χ0n) is 11.0. The Morgan fingerprint density at radius 3 is 2.29 bits per heavy atom. The van der Waals surface area contributed by atoms with Crippen molar-refractivity contribution < 1.29 is 9.53 Å². The molecule has 1 fully saturated rings. The second-order valence-corrected chi connectivity index (χ2v) is 5.78. The fourth-order valence-corrected chi connectivity index (χ4v) is 2.00. The van der Waals surface area contributed by atoms with Gasteiger partial charge >= 0.3 is 6.09 Å². The average molecular weight is 265 g/mol. The highest BCUT2D eigenvalue weighted by molar-refractivity contribution is 5.85. The lowest BCUT2D eigenvalue weighted by atomic mass is 9.82. The molecule has 0 saturated heterocycles. The van der Waals surface area contributed by atoms with Gasteiger partial charge < -0.3 is 15.8 Å². The summed E-state index contributed by atoms with van der Waals surface area (Å²) in [4.78, 5) is 11.5. The minimum absolute atomic E-state index is 0. The van der Waals surface area contributed by atoms with Crippen LogP contribution in [0, 0.1) is 0 Å². The van der Waals surface area contributed by atoms with Crippen LogP contribution in [0.25, 0.3) is 0 Å². The molecule has 4 nitrogen and oxygen atoms in total. The van der Waals surface area contributed by atoms with Gasteiger partial charge in [0.25, 0.3) is 0 Å². The molecule has 1 amide bonds. The SMILES string of the molecule is CC(C)(C)OC(=O)NCC1(N)CCCCC1.Cl. The van der Waals surface area contributed by atoms with Crippen molar-refractivity contribution in [3.63, 3.8) is 0 Å². The molecule has 0 spiro atoms. The van der Waals surface area contributed by atoms with Gasteiger partial charge in [-0.3, -0.25) is 0 Å². The largest absolute Gasteiger partial charge is 0.444 e. The molecule has 5 heteroatoms. The lowest BCUT2D eigenvalue weighted by Crippen LogP contribution is -2.51. The van der Waals surface area contributed by atoms with Gasteiger partial charge in [0.15, 0.2) is 0 Å². The van der Waals surface area contributed by atoms with E-state index in [0.717, 1.165) is 25.7 Å². The second-order valence-electron chi connectivity index (χ2n) is 5.78. The van der Waals surface area contributed by atoms with Crippen LogP contribution in [0.4, 0.5) is 4.79 Å². The van der Waals surface area contributed by atoms with Gasteiger partial charge in [-0.05, 0) is 33.6 Å². The Morgan fingerprint density at radius 2 is 1.82 bits per heavy atom. The van der Waals surface area contributed by atoms with E-state index in [0.29, 0.717) is 6.54 Å². The van der Waals surface area contributed by atoms with Crippen LogP contribution in [-0.2, 0) is 4.74 Å². The third-order valence-corrected chi connectivity index (χ3v) is 2.83. The van der Waals surface area contributed by atoms with Crippen molar-refractivity contribution in [1.82, 2.24) is 5.32 Å². The van der Waals surface area contributed by atoms with Crippen LogP contribution in [0.15, 0.2) is 0 Å². The van der Waals surface area contributed by atoms with Crippen molar-refractivity contribution in [1.29, 1.82) is 0 Å². The molecule has 1 aliphatic rings. The molecule has 1 saturated carbocycles. The zero-order chi connectivity index (χ0) is 12.2. The van der Waals surface area contributed by atoms with E-state index in [1.807, 2.05) is 20.8 Å². The van der Waals surface area contributed by atoms with Gasteiger partial charge in [0.1, 0.15) is 5.60 Å². The van der Waals surface area contributed by atoms with Crippen molar-refractivity contribution in [3.05, 3.63) is 0 Å². The molecule has 0 radical (unpaired) electrons. The zero-order valence-corrected chi connectivity index (χ0v) is 11.9. The summed E-state index contributed by atoms with van der Waals surface area (Å²) in [6, 6.07) is 0. The van der Waals surface area contributed by atoms with Gasteiger partial charge in [-0.25, -0.2) is 4.79 Å². The number of nitrogens with two attached hydrogens (primary N) is 1. The first-order valence-corrected chi connectivity index (χ1v) is 6.07. The van der Waals surface area contributed by atoms with Crippen LogP contribution in [0.2, 0.25) is 0 Å². The van der Waals surface area contributed by atoms with Gasteiger partial charge in [0, 0.05) is 12.1 Å². The highest BCUT2D eigenvalue weighted by Crippen LogP contribution is 2.25. The van der Waals surface area contributed by atoms with Crippen LogP contribution in [0.3, 0.4) is 0 Å². The lowest BCUT2D eigenvalue weighted by molar-refractivity contribution is 0.0509. The van der Waals surface area contributed by atoms with E-state index in [1.165, 1.54) is 6.42 Å². The van der Waals surface area contributed by atoms with Gasteiger partial charge in [0.05, 0.1) is 0 Å². The highest BCUT2D eigenvalue weighted by atomic mass is 35.5. The number of nitrogens with one attached hydrogen (secondary N) is 1. The molecule has 0 aliphatic heterocycles. The van der Waals surface area contributed by atoms with Gasteiger partial charge in [0.2, 0.25) is 0 Å². The Kier molecular flexibility index (Phi) is 6.27. The minimum atomic E-state index is -0.446. The smallest absolute Gasteiger partial charge is 0.407 e. The van der Waals surface area contributed by atoms with Crippen LogP contribution in [0.1, 0.15) is 52.9 Å². The lowest BCUT2D eigenvalue weighted by Gasteiger charge is -2.33. The molecular weight excluding hydrogens is 240 g/mol. The Hall–Kier alpha value is -0.480. The van der Waals surface area contributed by atoms with E-state index in [-0.39, 0.29) is 24.0 Å². The highest BCUT2D eigenvalue weighted by Gasteiger charge is 2.28. The molecular formula is C12H25ClN2O2. The van der Waals surface area contributed by atoms with Crippen molar-refractivity contribution >= 4 is 18.5 Å². The third-order valence-electron chi connectivity index (χ3n) is 2.83. The van der Waals surface area contributed by atoms with Gasteiger partial charge in [-0.1, -0.05) is 19.3 Å². The Bertz CT molecular complexity index is 245. The minimum Gasteiger partial charge on any atom is -0.444 e. The van der Waals surface area contributed by atoms with E-state index in [4.69, 9.17) is 10.5 Å². The Labute approximate surface area is 110 Å². The van der Waals surface area contributed by atoms with E-state index in [1.54, 1.807) is 0 Å². The molecule has 102 valence electrons. The molecule has 0 atom stereocenters. The molecule has 0 bridgehead atoms. The average Bonchev–Trinajstić information content (AvgIpc) is 2.14. The summed E-state index contributed by atoms with van der Waals surface area (Å²) in [6.07, 6.45) is 5.18. The summed E-state index contributed by atoms with van der Waals surface area (Å²) in [5.74, 6) is 0. The van der Waals surface area contributed by atoms with Crippen molar-refractivity contribution in [2.75, 3.05) is 6.54 Å². The number of carbonyl (C=O) groups excluding carboxylic acids is 1. The summed E-state index contributed by atoms with van der Waals surface area (Å²) in [5.41, 5.74) is 5.53. The van der Waals surface area contributed by atoms with Crippen LogP contribution >= 0.6 is 12.4 Å². The summed E-state index contributed by atoms with van der Waals surface area (Å²) < 4.78 is 5.17. The fourth-order valence-electron chi connectivity index (χ4n) is 2.00.